The SMILES string of the molecule is CC(C)C1(C)CC(=O)N(C2CCCC2CO)C1=O. The molecule has 18 heavy (non-hydrogen) atoms. The summed E-state index contributed by atoms with van der Waals surface area (Å²) in [5, 5.41) is 9.36. The predicted octanol–water partition coefficient (Wildman–Crippen LogP) is 1.57. The smallest absolute Gasteiger partial charge is 0.236 e. The van der Waals surface area contributed by atoms with Crippen molar-refractivity contribution in [3.63, 3.8) is 0 Å². The fraction of sp³-hybridized carbons (Fsp3) is 0.857. The Kier molecular flexibility index (Phi) is 3.49. The number of likely N-dealkylation sites (tertiary alicyclic amines) is 1. The zero-order valence-electron chi connectivity index (χ0n) is 11.5. The van der Waals surface area contributed by atoms with E-state index in [-0.39, 0.29) is 36.3 Å². The van der Waals surface area contributed by atoms with E-state index in [1.54, 1.807) is 0 Å². The molecule has 102 valence electrons. The van der Waals surface area contributed by atoms with E-state index in [1.807, 2.05) is 20.8 Å². The van der Waals surface area contributed by atoms with Gasteiger partial charge in [-0.2, -0.15) is 0 Å². The molecule has 2 fully saturated rings. The normalized spacial score (nSPS) is 37.1. The molecular formula is C14H23NO3. The van der Waals surface area contributed by atoms with Gasteiger partial charge in [0.05, 0.1) is 5.41 Å². The van der Waals surface area contributed by atoms with E-state index in [0.29, 0.717) is 6.42 Å². The van der Waals surface area contributed by atoms with Gasteiger partial charge in [0.15, 0.2) is 0 Å². The summed E-state index contributed by atoms with van der Waals surface area (Å²) in [4.78, 5) is 26.2. The van der Waals surface area contributed by atoms with Crippen LogP contribution in [0.2, 0.25) is 0 Å². The van der Waals surface area contributed by atoms with Crippen LogP contribution in [0.5, 0.6) is 0 Å². The van der Waals surface area contributed by atoms with Crippen LogP contribution in [-0.2, 0) is 9.59 Å². The first kappa shape index (κ1) is 13.5. The zero-order valence-corrected chi connectivity index (χ0v) is 11.5. The highest BCUT2D eigenvalue weighted by molar-refractivity contribution is 6.06. The number of amides is 2. The van der Waals surface area contributed by atoms with Crippen LogP contribution in [0.25, 0.3) is 0 Å². The van der Waals surface area contributed by atoms with Gasteiger partial charge < -0.3 is 5.11 Å². The average Bonchev–Trinajstić information content (AvgIpc) is 2.84. The summed E-state index contributed by atoms with van der Waals surface area (Å²) in [6.45, 7) is 5.95. The second-order valence-electron chi connectivity index (χ2n) is 6.26. The van der Waals surface area contributed by atoms with Gasteiger partial charge in [0.25, 0.3) is 0 Å². The maximum atomic E-state index is 12.6. The van der Waals surface area contributed by atoms with Crippen molar-refractivity contribution in [2.45, 2.75) is 52.5 Å². The quantitative estimate of drug-likeness (QED) is 0.777. The monoisotopic (exact) mass is 253 g/mol. The summed E-state index contributed by atoms with van der Waals surface area (Å²) in [6, 6.07) is -0.0735. The highest BCUT2D eigenvalue weighted by atomic mass is 16.3. The third-order valence-corrected chi connectivity index (χ3v) is 4.95. The summed E-state index contributed by atoms with van der Waals surface area (Å²) in [5.41, 5.74) is -0.556. The average molecular weight is 253 g/mol. The van der Waals surface area contributed by atoms with E-state index in [9.17, 15) is 14.7 Å². The van der Waals surface area contributed by atoms with E-state index in [0.717, 1.165) is 19.3 Å². The van der Waals surface area contributed by atoms with Gasteiger partial charge in [-0.1, -0.05) is 20.3 Å². The van der Waals surface area contributed by atoms with Crippen molar-refractivity contribution in [3.8, 4) is 0 Å². The van der Waals surface area contributed by atoms with Gasteiger partial charge in [-0.05, 0) is 25.7 Å². The maximum Gasteiger partial charge on any atom is 0.236 e. The van der Waals surface area contributed by atoms with E-state index in [1.165, 1.54) is 4.90 Å². The molecule has 3 atom stereocenters. The minimum Gasteiger partial charge on any atom is -0.396 e. The lowest BCUT2D eigenvalue weighted by molar-refractivity contribution is -0.145. The number of imide groups is 1. The van der Waals surface area contributed by atoms with E-state index in [4.69, 9.17) is 0 Å². The molecular weight excluding hydrogens is 230 g/mol. The summed E-state index contributed by atoms with van der Waals surface area (Å²) in [7, 11) is 0. The molecule has 4 nitrogen and oxygen atoms in total. The van der Waals surface area contributed by atoms with Crippen LogP contribution in [0.4, 0.5) is 0 Å². The minimum atomic E-state index is -0.556. The molecule has 1 heterocycles. The van der Waals surface area contributed by atoms with Crippen LogP contribution in [0.1, 0.15) is 46.5 Å². The largest absolute Gasteiger partial charge is 0.396 e. The van der Waals surface area contributed by atoms with Crippen molar-refractivity contribution in [3.05, 3.63) is 0 Å². The predicted molar refractivity (Wildman–Crippen MR) is 67.6 cm³/mol. The van der Waals surface area contributed by atoms with Gasteiger partial charge in [0.1, 0.15) is 0 Å². The summed E-state index contributed by atoms with van der Waals surface area (Å²) >= 11 is 0. The number of aliphatic hydroxyl groups is 1. The molecule has 0 bridgehead atoms. The standard InChI is InChI=1S/C14H23NO3/c1-9(2)14(3)7-12(17)15(13(14)18)11-6-4-5-10(11)8-16/h9-11,16H,4-8H2,1-3H3. The number of nitrogens with zero attached hydrogens (tertiary/aromatic N) is 1. The van der Waals surface area contributed by atoms with Crippen molar-refractivity contribution < 1.29 is 14.7 Å². The van der Waals surface area contributed by atoms with Crippen LogP contribution in [0, 0.1) is 17.3 Å². The first-order chi connectivity index (χ1) is 8.41. The number of carbonyl (C=O) groups is 2. The van der Waals surface area contributed by atoms with Crippen molar-refractivity contribution >= 4 is 11.8 Å². The zero-order chi connectivity index (χ0) is 13.5. The molecule has 4 heteroatoms. The molecule has 0 aromatic rings. The number of rotatable bonds is 3. The minimum absolute atomic E-state index is 0.0344. The van der Waals surface area contributed by atoms with Crippen LogP contribution < -0.4 is 0 Å². The molecule has 0 aromatic heterocycles. The van der Waals surface area contributed by atoms with Crippen molar-refractivity contribution in [1.82, 2.24) is 4.90 Å². The van der Waals surface area contributed by atoms with Crippen LogP contribution in [0.15, 0.2) is 0 Å². The second kappa shape index (κ2) is 4.65. The van der Waals surface area contributed by atoms with Crippen molar-refractivity contribution in [2.75, 3.05) is 6.61 Å². The molecule has 1 saturated carbocycles. The molecule has 1 saturated heterocycles. The maximum absolute atomic E-state index is 12.6. The number of carbonyl (C=O) groups excluding carboxylic acids is 2. The Morgan fingerprint density at radius 3 is 2.56 bits per heavy atom. The van der Waals surface area contributed by atoms with E-state index in [2.05, 4.69) is 0 Å². The third kappa shape index (κ3) is 1.87. The van der Waals surface area contributed by atoms with Crippen molar-refractivity contribution in [2.24, 2.45) is 17.3 Å². The fourth-order valence-corrected chi connectivity index (χ4v) is 3.22. The molecule has 0 radical (unpaired) electrons. The lowest BCUT2D eigenvalue weighted by atomic mass is 9.77. The van der Waals surface area contributed by atoms with Gasteiger partial charge in [-0.15, -0.1) is 0 Å². The lowest BCUT2D eigenvalue weighted by Crippen LogP contribution is -2.45. The molecule has 1 aliphatic carbocycles. The van der Waals surface area contributed by atoms with Gasteiger partial charge in [-0.25, -0.2) is 0 Å². The Bertz CT molecular complexity index is 366. The molecule has 0 spiro atoms. The topological polar surface area (TPSA) is 57.6 Å². The Hall–Kier alpha value is -0.900. The Labute approximate surface area is 108 Å². The molecule has 1 N–H and O–H groups in total. The fourth-order valence-electron chi connectivity index (χ4n) is 3.22. The highest BCUT2D eigenvalue weighted by Crippen LogP contribution is 2.43. The Balaban J connectivity index is 2.24. The Morgan fingerprint density at radius 2 is 2.06 bits per heavy atom. The molecule has 1 aliphatic heterocycles. The molecule has 2 rings (SSSR count). The first-order valence-electron chi connectivity index (χ1n) is 6.89. The molecule has 0 aromatic carbocycles. The summed E-state index contributed by atoms with van der Waals surface area (Å²) in [5.74, 6) is 0.148. The Morgan fingerprint density at radius 1 is 1.39 bits per heavy atom. The molecule has 2 aliphatic rings. The van der Waals surface area contributed by atoms with Crippen molar-refractivity contribution in [1.29, 1.82) is 0 Å². The van der Waals surface area contributed by atoms with Gasteiger partial charge in [0.2, 0.25) is 11.8 Å². The third-order valence-electron chi connectivity index (χ3n) is 4.95. The molecule has 3 unspecified atom stereocenters. The van der Waals surface area contributed by atoms with Gasteiger partial charge in [-0.3, -0.25) is 14.5 Å². The van der Waals surface area contributed by atoms with E-state index < -0.39 is 5.41 Å². The number of aliphatic hydroxyl groups excluding tert-OH is 1. The van der Waals surface area contributed by atoms with Crippen LogP contribution >= 0.6 is 0 Å². The number of hydrogen-bond acceptors (Lipinski definition) is 3. The first-order valence-corrected chi connectivity index (χ1v) is 6.89. The van der Waals surface area contributed by atoms with Crippen LogP contribution in [0.3, 0.4) is 0 Å². The van der Waals surface area contributed by atoms with Gasteiger partial charge in [0, 0.05) is 25.0 Å². The number of hydrogen-bond donors (Lipinski definition) is 1. The molecule has 2 amide bonds. The van der Waals surface area contributed by atoms with E-state index >= 15 is 0 Å². The van der Waals surface area contributed by atoms with Gasteiger partial charge >= 0.3 is 0 Å². The van der Waals surface area contributed by atoms with Crippen LogP contribution in [-0.4, -0.2) is 34.5 Å². The highest BCUT2D eigenvalue weighted by Gasteiger charge is 2.53. The summed E-state index contributed by atoms with van der Waals surface area (Å²) in [6.07, 6.45) is 3.07. The second-order valence-corrected chi connectivity index (χ2v) is 6.26. The summed E-state index contributed by atoms with van der Waals surface area (Å²) < 4.78 is 0. The lowest BCUT2D eigenvalue weighted by Gasteiger charge is -2.30.